The second-order valence-corrected chi connectivity index (χ2v) is 8.27. The van der Waals surface area contributed by atoms with Crippen molar-refractivity contribution in [3.8, 4) is 5.69 Å². The zero-order valence-corrected chi connectivity index (χ0v) is 17.6. The van der Waals surface area contributed by atoms with Crippen molar-refractivity contribution in [1.82, 2.24) is 9.55 Å². The molecule has 0 unspecified atom stereocenters. The van der Waals surface area contributed by atoms with E-state index in [1.807, 2.05) is 30.3 Å². The average molecular weight is 443 g/mol. The van der Waals surface area contributed by atoms with Gasteiger partial charge in [-0.25, -0.2) is 4.98 Å². The zero-order chi connectivity index (χ0) is 21.1. The number of anilines is 1. The molecule has 3 aromatic rings. The lowest BCUT2D eigenvalue weighted by Gasteiger charge is -2.15. The van der Waals surface area contributed by atoms with Gasteiger partial charge in [0.1, 0.15) is 0 Å². The van der Waals surface area contributed by atoms with Crippen molar-refractivity contribution < 1.29 is 9.72 Å². The third kappa shape index (κ3) is 4.34. The van der Waals surface area contributed by atoms with Crippen molar-refractivity contribution >= 4 is 40.6 Å². The van der Waals surface area contributed by atoms with E-state index in [-0.39, 0.29) is 28.1 Å². The second-order valence-electron chi connectivity index (χ2n) is 6.92. The van der Waals surface area contributed by atoms with E-state index in [1.54, 1.807) is 0 Å². The number of aryl methyl sites for hydroxylation is 1. The monoisotopic (exact) mass is 442 g/mol. The van der Waals surface area contributed by atoms with Crippen LogP contribution in [0, 0.1) is 10.1 Å². The van der Waals surface area contributed by atoms with E-state index in [2.05, 4.69) is 9.88 Å². The van der Waals surface area contributed by atoms with Gasteiger partial charge in [0.2, 0.25) is 5.91 Å². The number of nitro groups is 1. The lowest BCUT2D eigenvalue weighted by atomic mass is 10.0. The number of halogens is 1. The smallest absolute Gasteiger partial charge is 0.271 e. The van der Waals surface area contributed by atoms with E-state index in [0.717, 1.165) is 42.2 Å². The molecular formula is C21H19ClN4O3S. The second kappa shape index (κ2) is 8.89. The van der Waals surface area contributed by atoms with Crippen molar-refractivity contribution in [2.45, 2.75) is 30.8 Å². The molecule has 1 aliphatic rings. The van der Waals surface area contributed by atoms with Gasteiger partial charge < -0.3 is 5.32 Å². The summed E-state index contributed by atoms with van der Waals surface area (Å²) in [6.07, 6.45) is 4.15. The van der Waals surface area contributed by atoms with Gasteiger partial charge >= 0.3 is 0 Å². The minimum atomic E-state index is -0.526. The molecule has 0 saturated heterocycles. The molecule has 1 N–H and O–H groups in total. The van der Waals surface area contributed by atoms with Crippen LogP contribution in [-0.2, 0) is 17.6 Å². The number of imidazole rings is 1. The van der Waals surface area contributed by atoms with Crippen LogP contribution in [0.1, 0.15) is 24.2 Å². The van der Waals surface area contributed by atoms with Gasteiger partial charge in [0.15, 0.2) is 5.16 Å². The van der Waals surface area contributed by atoms with Crippen LogP contribution in [0.3, 0.4) is 0 Å². The molecule has 30 heavy (non-hydrogen) atoms. The maximum atomic E-state index is 12.5. The Morgan fingerprint density at radius 2 is 1.97 bits per heavy atom. The van der Waals surface area contributed by atoms with Gasteiger partial charge in [0.25, 0.3) is 5.69 Å². The number of fused-ring (bicyclic) bond motifs is 1. The van der Waals surface area contributed by atoms with Gasteiger partial charge in [0.05, 0.1) is 27.1 Å². The number of carbonyl (C=O) groups excluding carboxylic acids is 1. The lowest BCUT2D eigenvalue weighted by Crippen LogP contribution is -2.15. The Hall–Kier alpha value is -2.84. The van der Waals surface area contributed by atoms with Gasteiger partial charge in [-0.1, -0.05) is 41.6 Å². The average Bonchev–Trinajstić information content (AvgIpc) is 3.12. The number of nitro benzene ring substituents is 1. The van der Waals surface area contributed by atoms with Gasteiger partial charge in [-0.2, -0.15) is 0 Å². The number of hydrogen-bond acceptors (Lipinski definition) is 5. The van der Waals surface area contributed by atoms with Crippen LogP contribution >= 0.6 is 23.4 Å². The molecule has 0 spiro atoms. The number of non-ortho nitro benzene ring substituents is 1. The van der Waals surface area contributed by atoms with E-state index in [1.165, 1.54) is 35.7 Å². The largest absolute Gasteiger partial charge is 0.324 e. The molecule has 154 valence electrons. The molecule has 4 rings (SSSR count). The van der Waals surface area contributed by atoms with Crippen molar-refractivity contribution in [2.24, 2.45) is 0 Å². The number of hydrogen-bond donors (Lipinski definition) is 1. The van der Waals surface area contributed by atoms with E-state index in [0.29, 0.717) is 0 Å². The number of carbonyl (C=O) groups is 1. The Kier molecular flexibility index (Phi) is 6.06. The number of nitrogens with zero attached hydrogens (tertiary/aromatic N) is 3. The van der Waals surface area contributed by atoms with Crippen molar-refractivity contribution in [3.63, 3.8) is 0 Å². The number of aromatic nitrogens is 2. The fourth-order valence-electron chi connectivity index (χ4n) is 3.49. The van der Waals surface area contributed by atoms with Gasteiger partial charge in [-0.15, -0.1) is 0 Å². The van der Waals surface area contributed by atoms with Crippen LogP contribution in [0.4, 0.5) is 11.4 Å². The summed E-state index contributed by atoms with van der Waals surface area (Å²) in [5.74, 6) is -0.190. The minimum Gasteiger partial charge on any atom is -0.324 e. The summed E-state index contributed by atoms with van der Waals surface area (Å²) < 4.78 is 2.13. The molecule has 0 bridgehead atoms. The molecule has 1 amide bonds. The summed E-state index contributed by atoms with van der Waals surface area (Å²) in [5, 5.41) is 14.6. The Morgan fingerprint density at radius 3 is 2.73 bits per heavy atom. The first kappa shape index (κ1) is 20.4. The molecule has 0 atom stereocenters. The molecule has 1 heterocycles. The van der Waals surface area contributed by atoms with E-state index in [9.17, 15) is 14.9 Å². The number of para-hydroxylation sites is 1. The summed E-state index contributed by atoms with van der Waals surface area (Å²) in [7, 11) is 0. The maximum Gasteiger partial charge on any atom is 0.271 e. The Balaban J connectivity index is 1.53. The quantitative estimate of drug-likeness (QED) is 0.328. The summed E-state index contributed by atoms with van der Waals surface area (Å²) in [6, 6.07) is 14.0. The highest BCUT2D eigenvalue weighted by molar-refractivity contribution is 7.99. The Bertz CT molecular complexity index is 1100. The van der Waals surface area contributed by atoms with Gasteiger partial charge in [-0.05, 0) is 43.9 Å². The molecular weight excluding hydrogens is 424 g/mol. The zero-order valence-electron chi connectivity index (χ0n) is 16.0. The molecule has 7 nitrogen and oxygen atoms in total. The first-order valence-electron chi connectivity index (χ1n) is 9.55. The van der Waals surface area contributed by atoms with Gasteiger partial charge in [-0.3, -0.25) is 19.5 Å². The topological polar surface area (TPSA) is 90.1 Å². The summed E-state index contributed by atoms with van der Waals surface area (Å²) in [4.78, 5) is 27.7. The molecule has 1 aromatic heterocycles. The maximum absolute atomic E-state index is 12.5. The van der Waals surface area contributed by atoms with Crippen LogP contribution in [0.5, 0.6) is 0 Å². The van der Waals surface area contributed by atoms with E-state index < -0.39 is 4.92 Å². The van der Waals surface area contributed by atoms with Crippen LogP contribution in [-0.4, -0.2) is 26.1 Å². The number of nitrogens with one attached hydrogen (secondary N) is 1. The highest BCUT2D eigenvalue weighted by Crippen LogP contribution is 2.31. The minimum absolute atomic E-state index is 0.113. The summed E-state index contributed by atoms with van der Waals surface area (Å²) >= 11 is 7.42. The van der Waals surface area contributed by atoms with Crippen molar-refractivity contribution in [1.29, 1.82) is 0 Å². The lowest BCUT2D eigenvalue weighted by molar-refractivity contribution is -0.384. The molecule has 0 aliphatic heterocycles. The normalized spacial score (nSPS) is 13.0. The fraction of sp³-hybridized carbons (Fsp3) is 0.238. The molecule has 1 aliphatic carbocycles. The molecule has 0 radical (unpaired) electrons. The van der Waals surface area contributed by atoms with E-state index in [4.69, 9.17) is 16.6 Å². The van der Waals surface area contributed by atoms with Gasteiger partial charge in [0, 0.05) is 23.5 Å². The van der Waals surface area contributed by atoms with E-state index >= 15 is 0 Å². The predicted molar refractivity (Wildman–Crippen MR) is 118 cm³/mol. The van der Waals surface area contributed by atoms with Crippen LogP contribution in [0.15, 0.2) is 53.7 Å². The number of benzene rings is 2. The first-order valence-corrected chi connectivity index (χ1v) is 10.9. The SMILES string of the molecule is O=C(CSc1nc2c(n1-c1ccccc1)CCCC2)Nc1cc([N+](=O)[O-])ccc1Cl. The third-order valence-corrected chi connectivity index (χ3v) is 6.15. The van der Waals surface area contributed by atoms with Crippen LogP contribution in [0.25, 0.3) is 5.69 Å². The standard InChI is InChI=1S/C21H19ClN4O3S/c22-16-11-10-15(26(28)29)12-18(16)23-20(27)13-30-21-24-17-8-4-5-9-19(17)25(21)14-6-2-1-3-7-14/h1-3,6-7,10-12H,4-5,8-9,13H2,(H,23,27). The first-order chi connectivity index (χ1) is 14.5. The molecule has 9 heteroatoms. The Morgan fingerprint density at radius 1 is 1.20 bits per heavy atom. The molecule has 2 aromatic carbocycles. The summed E-state index contributed by atoms with van der Waals surface area (Å²) in [5.41, 5.74) is 3.42. The third-order valence-electron chi connectivity index (χ3n) is 4.88. The van der Waals surface area contributed by atoms with Crippen LogP contribution < -0.4 is 5.32 Å². The predicted octanol–water partition coefficient (Wildman–Crippen LogP) is 5.04. The van der Waals surface area contributed by atoms with Crippen molar-refractivity contribution in [2.75, 3.05) is 11.1 Å². The number of rotatable bonds is 6. The summed E-state index contributed by atoms with van der Waals surface area (Å²) in [6.45, 7) is 0. The highest BCUT2D eigenvalue weighted by Gasteiger charge is 2.22. The fourth-order valence-corrected chi connectivity index (χ4v) is 4.51. The number of amides is 1. The highest BCUT2D eigenvalue weighted by atomic mass is 35.5. The molecule has 0 fully saturated rings. The number of thioether (sulfide) groups is 1. The van der Waals surface area contributed by atoms with Crippen LogP contribution in [0.2, 0.25) is 5.02 Å². The molecule has 0 saturated carbocycles. The Labute approximate surface area is 182 Å². The van der Waals surface area contributed by atoms with Crippen molar-refractivity contribution in [3.05, 3.63) is 75.1 Å².